The van der Waals surface area contributed by atoms with Crippen molar-refractivity contribution in [3.05, 3.63) is 59.7 Å². The molecule has 0 aliphatic heterocycles. The molecule has 0 bridgehead atoms. The van der Waals surface area contributed by atoms with Gasteiger partial charge in [-0.15, -0.1) is 0 Å². The molecule has 0 fully saturated rings. The van der Waals surface area contributed by atoms with E-state index in [4.69, 9.17) is 14.6 Å². The number of carboxylic acids is 1. The van der Waals surface area contributed by atoms with Crippen molar-refractivity contribution in [1.82, 2.24) is 5.32 Å². The van der Waals surface area contributed by atoms with Crippen LogP contribution in [-0.2, 0) is 22.4 Å². The topological polar surface area (TPSA) is 84.9 Å². The van der Waals surface area contributed by atoms with Gasteiger partial charge in [0.25, 0.3) is 0 Å². The van der Waals surface area contributed by atoms with Gasteiger partial charge in [-0.1, -0.05) is 24.3 Å². The van der Waals surface area contributed by atoms with Gasteiger partial charge in [-0.3, -0.25) is 9.59 Å². The van der Waals surface area contributed by atoms with Crippen LogP contribution in [0.5, 0.6) is 11.5 Å². The van der Waals surface area contributed by atoms with E-state index in [9.17, 15) is 9.59 Å². The van der Waals surface area contributed by atoms with E-state index < -0.39 is 5.97 Å². The normalized spacial score (nSPS) is 10.1. The summed E-state index contributed by atoms with van der Waals surface area (Å²) in [5.41, 5.74) is 1.91. The molecule has 0 saturated heterocycles. The Kier molecular flexibility index (Phi) is 6.83. The summed E-state index contributed by atoms with van der Waals surface area (Å²) >= 11 is 0. The Morgan fingerprint density at radius 2 is 1.80 bits per heavy atom. The minimum Gasteiger partial charge on any atom is -0.497 e. The summed E-state index contributed by atoms with van der Waals surface area (Å²) in [6.07, 6.45) is 0.871. The van der Waals surface area contributed by atoms with E-state index in [1.165, 1.54) is 0 Å². The highest BCUT2D eigenvalue weighted by atomic mass is 16.5. The van der Waals surface area contributed by atoms with Gasteiger partial charge in [-0.2, -0.15) is 0 Å². The van der Waals surface area contributed by atoms with Crippen molar-refractivity contribution in [1.29, 1.82) is 0 Å². The van der Waals surface area contributed by atoms with E-state index in [1.807, 2.05) is 36.4 Å². The maximum Gasteiger partial charge on any atom is 0.322 e. The Balaban J connectivity index is 1.82. The molecule has 0 radical (unpaired) electrons. The number of methoxy groups -OCH3 is 1. The molecule has 0 heterocycles. The number of rotatable bonds is 9. The van der Waals surface area contributed by atoms with Crippen molar-refractivity contribution >= 4 is 11.9 Å². The predicted molar refractivity (Wildman–Crippen MR) is 93.0 cm³/mol. The molecular weight excluding hydrogens is 322 g/mol. The maximum absolute atomic E-state index is 11.7. The average molecular weight is 343 g/mol. The number of amides is 1. The first-order valence-electron chi connectivity index (χ1n) is 7.90. The molecule has 2 aromatic rings. The zero-order valence-corrected chi connectivity index (χ0v) is 14.0. The van der Waals surface area contributed by atoms with Gasteiger partial charge in [0, 0.05) is 6.42 Å². The quantitative estimate of drug-likeness (QED) is 0.728. The zero-order valence-electron chi connectivity index (χ0n) is 14.0. The fourth-order valence-electron chi connectivity index (χ4n) is 2.25. The molecule has 6 heteroatoms. The molecule has 132 valence electrons. The third-order valence-electron chi connectivity index (χ3n) is 3.52. The van der Waals surface area contributed by atoms with Crippen LogP contribution in [0.15, 0.2) is 48.5 Å². The number of carbonyl (C=O) groups excluding carboxylic acids is 1. The third-order valence-corrected chi connectivity index (χ3v) is 3.52. The number of ether oxygens (including phenoxy) is 2. The van der Waals surface area contributed by atoms with Crippen molar-refractivity contribution < 1.29 is 24.2 Å². The Morgan fingerprint density at radius 3 is 2.48 bits per heavy atom. The highest BCUT2D eigenvalue weighted by Crippen LogP contribution is 2.15. The van der Waals surface area contributed by atoms with Gasteiger partial charge >= 0.3 is 5.97 Å². The predicted octanol–water partition coefficient (Wildman–Crippen LogP) is 2.06. The van der Waals surface area contributed by atoms with Gasteiger partial charge in [0.1, 0.15) is 18.0 Å². The van der Waals surface area contributed by atoms with E-state index in [0.717, 1.165) is 23.3 Å². The lowest BCUT2D eigenvalue weighted by Gasteiger charge is -2.09. The molecule has 2 N–H and O–H groups in total. The number of hydrogen-bond donors (Lipinski definition) is 2. The third kappa shape index (κ3) is 6.55. The number of aliphatic carboxylic acids is 1. The number of carbonyl (C=O) groups is 2. The van der Waals surface area contributed by atoms with Gasteiger partial charge in [0.05, 0.1) is 20.1 Å². The van der Waals surface area contributed by atoms with E-state index in [1.54, 1.807) is 19.2 Å². The van der Waals surface area contributed by atoms with Gasteiger partial charge in [0.2, 0.25) is 5.91 Å². The highest BCUT2D eigenvalue weighted by molar-refractivity contribution is 5.82. The van der Waals surface area contributed by atoms with Crippen LogP contribution in [0, 0.1) is 0 Å². The summed E-state index contributed by atoms with van der Waals surface area (Å²) in [6.45, 7) is 0.137. The van der Waals surface area contributed by atoms with Gasteiger partial charge in [0.15, 0.2) is 0 Å². The Morgan fingerprint density at radius 1 is 1.04 bits per heavy atom. The fourth-order valence-corrected chi connectivity index (χ4v) is 2.25. The first-order chi connectivity index (χ1) is 12.1. The maximum atomic E-state index is 11.7. The van der Waals surface area contributed by atoms with E-state index in [-0.39, 0.29) is 18.9 Å². The van der Waals surface area contributed by atoms with Crippen LogP contribution in [0.2, 0.25) is 0 Å². The lowest BCUT2D eigenvalue weighted by Crippen LogP contribution is -2.30. The van der Waals surface area contributed by atoms with Crippen LogP contribution in [0.1, 0.15) is 11.1 Å². The summed E-state index contributed by atoms with van der Waals surface area (Å²) in [7, 11) is 1.63. The van der Waals surface area contributed by atoms with Gasteiger partial charge < -0.3 is 19.9 Å². The zero-order chi connectivity index (χ0) is 18.1. The van der Waals surface area contributed by atoms with Gasteiger partial charge in [-0.25, -0.2) is 0 Å². The average Bonchev–Trinajstić information content (AvgIpc) is 2.61. The molecule has 25 heavy (non-hydrogen) atoms. The number of benzene rings is 2. The molecular formula is C19H21NO5. The minimum absolute atomic E-state index is 0.114. The van der Waals surface area contributed by atoms with Crippen molar-refractivity contribution in [3.63, 3.8) is 0 Å². The Bertz CT molecular complexity index is 712. The molecule has 0 aliphatic rings. The monoisotopic (exact) mass is 343 g/mol. The molecule has 0 atom stereocenters. The van der Waals surface area contributed by atoms with Gasteiger partial charge in [-0.05, 0) is 35.4 Å². The molecule has 0 aromatic heterocycles. The van der Waals surface area contributed by atoms with E-state index in [2.05, 4.69) is 5.32 Å². The number of carboxylic acid groups (broad SMARTS) is 1. The van der Waals surface area contributed by atoms with Crippen LogP contribution >= 0.6 is 0 Å². The van der Waals surface area contributed by atoms with Crippen molar-refractivity contribution in [2.45, 2.75) is 12.8 Å². The van der Waals surface area contributed by atoms with E-state index >= 15 is 0 Å². The standard InChI is InChI=1S/C19H21NO5/c1-24-16-7-5-14(6-8-16)9-10-25-17-4-2-3-15(11-17)12-18(21)20-13-19(22)23/h2-8,11H,9-10,12-13H2,1H3,(H,20,21)(H,22,23). The molecule has 0 spiro atoms. The van der Waals surface area contributed by atoms with Crippen LogP contribution < -0.4 is 14.8 Å². The molecule has 0 unspecified atom stereocenters. The second kappa shape index (κ2) is 9.32. The molecule has 0 saturated carbocycles. The molecule has 2 rings (SSSR count). The van der Waals surface area contributed by atoms with Crippen LogP contribution in [0.3, 0.4) is 0 Å². The smallest absolute Gasteiger partial charge is 0.322 e. The lowest BCUT2D eigenvalue weighted by atomic mass is 10.1. The van der Waals surface area contributed by atoms with Crippen molar-refractivity contribution in [3.8, 4) is 11.5 Å². The summed E-state index contributed by atoms with van der Waals surface area (Å²) in [5.74, 6) is 0.0948. The summed E-state index contributed by atoms with van der Waals surface area (Å²) in [5, 5.41) is 10.9. The molecule has 1 amide bonds. The fraction of sp³-hybridized carbons (Fsp3) is 0.263. The Hall–Kier alpha value is -3.02. The van der Waals surface area contributed by atoms with Crippen molar-refractivity contribution in [2.24, 2.45) is 0 Å². The summed E-state index contributed by atoms with van der Waals surface area (Å²) < 4.78 is 10.9. The molecule has 2 aromatic carbocycles. The van der Waals surface area contributed by atoms with Crippen molar-refractivity contribution in [2.75, 3.05) is 20.3 Å². The summed E-state index contributed by atoms with van der Waals surface area (Å²) in [4.78, 5) is 22.1. The Labute approximate surface area is 146 Å². The number of hydrogen-bond acceptors (Lipinski definition) is 4. The second-order valence-electron chi connectivity index (χ2n) is 5.44. The first kappa shape index (κ1) is 18.3. The van der Waals surface area contributed by atoms with Crippen LogP contribution in [0.25, 0.3) is 0 Å². The molecule has 0 aliphatic carbocycles. The number of nitrogens with one attached hydrogen (secondary N) is 1. The largest absolute Gasteiger partial charge is 0.497 e. The SMILES string of the molecule is COc1ccc(CCOc2cccc(CC(=O)NCC(=O)O)c2)cc1. The summed E-state index contributed by atoms with van der Waals surface area (Å²) in [6, 6.07) is 15.0. The highest BCUT2D eigenvalue weighted by Gasteiger charge is 2.06. The first-order valence-corrected chi connectivity index (χ1v) is 7.90. The van der Waals surface area contributed by atoms with Crippen LogP contribution in [-0.4, -0.2) is 37.2 Å². The minimum atomic E-state index is -1.07. The second-order valence-corrected chi connectivity index (χ2v) is 5.44. The van der Waals surface area contributed by atoms with E-state index in [0.29, 0.717) is 12.4 Å². The lowest BCUT2D eigenvalue weighted by molar-refractivity contribution is -0.137. The van der Waals surface area contributed by atoms with Crippen LogP contribution in [0.4, 0.5) is 0 Å². The molecule has 6 nitrogen and oxygen atoms in total.